The standard InChI is InChI=1S/C10H22N2OS/c1-9(6-11)7-14-8-10(13)2-4-12-5-3-10/h9,12-13H,2-8,11H2,1H3. The van der Waals surface area contributed by atoms with E-state index in [1.807, 2.05) is 11.8 Å². The van der Waals surface area contributed by atoms with Crippen molar-refractivity contribution in [2.24, 2.45) is 11.7 Å². The molecule has 1 aliphatic heterocycles. The fourth-order valence-electron chi connectivity index (χ4n) is 1.55. The zero-order valence-electron chi connectivity index (χ0n) is 8.96. The quantitative estimate of drug-likeness (QED) is 0.626. The molecule has 1 rings (SSSR count). The van der Waals surface area contributed by atoms with E-state index < -0.39 is 5.60 Å². The van der Waals surface area contributed by atoms with Crippen LogP contribution in [0.1, 0.15) is 19.8 Å². The van der Waals surface area contributed by atoms with Crippen molar-refractivity contribution in [2.45, 2.75) is 25.4 Å². The molecule has 14 heavy (non-hydrogen) atoms. The fraction of sp³-hybridized carbons (Fsp3) is 1.00. The van der Waals surface area contributed by atoms with Gasteiger partial charge in [-0.15, -0.1) is 0 Å². The Morgan fingerprint density at radius 3 is 2.71 bits per heavy atom. The normalized spacial score (nSPS) is 23.4. The maximum atomic E-state index is 10.2. The third-order valence-corrected chi connectivity index (χ3v) is 4.26. The summed E-state index contributed by atoms with van der Waals surface area (Å²) < 4.78 is 0. The van der Waals surface area contributed by atoms with Crippen LogP contribution >= 0.6 is 11.8 Å². The lowest BCUT2D eigenvalue weighted by molar-refractivity contribution is 0.0339. The molecule has 0 spiro atoms. The topological polar surface area (TPSA) is 58.3 Å². The molecule has 1 unspecified atom stereocenters. The molecule has 84 valence electrons. The number of piperidine rings is 1. The third-order valence-electron chi connectivity index (χ3n) is 2.71. The Labute approximate surface area is 90.8 Å². The van der Waals surface area contributed by atoms with E-state index in [0.717, 1.165) is 44.0 Å². The fourth-order valence-corrected chi connectivity index (χ4v) is 2.88. The van der Waals surface area contributed by atoms with E-state index in [4.69, 9.17) is 5.73 Å². The second-order valence-electron chi connectivity index (χ2n) is 4.33. The predicted octanol–water partition coefficient (Wildman–Crippen LogP) is 0.429. The molecular formula is C10H22N2OS. The molecule has 1 atom stereocenters. The Morgan fingerprint density at radius 1 is 1.50 bits per heavy atom. The molecule has 0 aromatic heterocycles. The average Bonchev–Trinajstić information content (AvgIpc) is 2.18. The molecule has 0 amide bonds. The van der Waals surface area contributed by atoms with Crippen molar-refractivity contribution in [1.82, 2.24) is 5.32 Å². The number of nitrogens with one attached hydrogen (secondary N) is 1. The van der Waals surface area contributed by atoms with Gasteiger partial charge in [-0.05, 0) is 44.1 Å². The number of hydrogen-bond donors (Lipinski definition) is 3. The molecule has 0 radical (unpaired) electrons. The minimum atomic E-state index is -0.426. The Kier molecular flexibility index (Phi) is 5.23. The largest absolute Gasteiger partial charge is 0.389 e. The third kappa shape index (κ3) is 4.17. The molecule has 1 saturated heterocycles. The SMILES string of the molecule is CC(CN)CSCC1(O)CCNCC1. The molecule has 0 aliphatic carbocycles. The van der Waals surface area contributed by atoms with E-state index in [1.54, 1.807) is 0 Å². The maximum Gasteiger partial charge on any atom is 0.0761 e. The second-order valence-corrected chi connectivity index (χ2v) is 5.36. The van der Waals surface area contributed by atoms with Crippen LogP contribution in [-0.4, -0.2) is 41.8 Å². The number of aliphatic hydroxyl groups is 1. The smallest absolute Gasteiger partial charge is 0.0761 e. The van der Waals surface area contributed by atoms with Gasteiger partial charge < -0.3 is 16.2 Å². The maximum absolute atomic E-state index is 10.2. The highest BCUT2D eigenvalue weighted by Gasteiger charge is 2.28. The number of hydrogen-bond acceptors (Lipinski definition) is 4. The van der Waals surface area contributed by atoms with Crippen LogP contribution in [0.25, 0.3) is 0 Å². The molecule has 0 aromatic rings. The number of thioether (sulfide) groups is 1. The molecule has 0 bridgehead atoms. The van der Waals surface area contributed by atoms with Crippen LogP contribution in [0.3, 0.4) is 0 Å². The van der Waals surface area contributed by atoms with Crippen LogP contribution in [0.5, 0.6) is 0 Å². The first-order valence-corrected chi connectivity index (χ1v) is 6.53. The summed E-state index contributed by atoms with van der Waals surface area (Å²) in [5, 5.41) is 13.4. The van der Waals surface area contributed by atoms with Gasteiger partial charge in [0.15, 0.2) is 0 Å². The highest BCUT2D eigenvalue weighted by Crippen LogP contribution is 2.24. The molecule has 3 nitrogen and oxygen atoms in total. The van der Waals surface area contributed by atoms with Gasteiger partial charge in [0.1, 0.15) is 0 Å². The molecule has 0 aromatic carbocycles. The van der Waals surface area contributed by atoms with Crippen LogP contribution < -0.4 is 11.1 Å². The lowest BCUT2D eigenvalue weighted by atomic mass is 9.95. The first kappa shape index (κ1) is 12.3. The molecule has 0 saturated carbocycles. The van der Waals surface area contributed by atoms with E-state index in [-0.39, 0.29) is 0 Å². The van der Waals surface area contributed by atoms with Crippen molar-refractivity contribution in [3.05, 3.63) is 0 Å². The van der Waals surface area contributed by atoms with Crippen molar-refractivity contribution >= 4 is 11.8 Å². The Hall–Kier alpha value is 0.230. The van der Waals surface area contributed by atoms with Gasteiger partial charge in [0.25, 0.3) is 0 Å². The molecule has 1 heterocycles. The van der Waals surface area contributed by atoms with Crippen LogP contribution in [-0.2, 0) is 0 Å². The van der Waals surface area contributed by atoms with E-state index >= 15 is 0 Å². The summed E-state index contributed by atoms with van der Waals surface area (Å²) in [4.78, 5) is 0. The average molecular weight is 218 g/mol. The summed E-state index contributed by atoms with van der Waals surface area (Å²) >= 11 is 1.83. The second kappa shape index (κ2) is 5.95. The van der Waals surface area contributed by atoms with Crippen LogP contribution in [0.2, 0.25) is 0 Å². The lowest BCUT2D eigenvalue weighted by Crippen LogP contribution is -2.43. The van der Waals surface area contributed by atoms with Crippen LogP contribution in [0.15, 0.2) is 0 Å². The van der Waals surface area contributed by atoms with Gasteiger partial charge in [0.2, 0.25) is 0 Å². The first-order valence-electron chi connectivity index (χ1n) is 5.37. The molecule has 4 heteroatoms. The lowest BCUT2D eigenvalue weighted by Gasteiger charge is -2.32. The van der Waals surface area contributed by atoms with Gasteiger partial charge in [-0.1, -0.05) is 6.92 Å². The van der Waals surface area contributed by atoms with Crippen LogP contribution in [0, 0.1) is 5.92 Å². The molecule has 1 fully saturated rings. The van der Waals surface area contributed by atoms with Gasteiger partial charge in [-0.25, -0.2) is 0 Å². The summed E-state index contributed by atoms with van der Waals surface area (Å²) in [7, 11) is 0. The van der Waals surface area contributed by atoms with E-state index in [0.29, 0.717) is 5.92 Å². The van der Waals surface area contributed by atoms with Gasteiger partial charge in [0.05, 0.1) is 5.60 Å². The Balaban J connectivity index is 2.15. The van der Waals surface area contributed by atoms with Gasteiger partial charge in [0, 0.05) is 5.75 Å². The molecule has 1 aliphatic rings. The monoisotopic (exact) mass is 218 g/mol. The van der Waals surface area contributed by atoms with Gasteiger partial charge in [-0.2, -0.15) is 11.8 Å². The Bertz CT molecular complexity index is 160. The summed E-state index contributed by atoms with van der Waals surface area (Å²) in [6, 6.07) is 0. The zero-order chi connectivity index (χ0) is 10.4. The van der Waals surface area contributed by atoms with E-state index in [2.05, 4.69) is 12.2 Å². The van der Waals surface area contributed by atoms with Crippen LogP contribution in [0.4, 0.5) is 0 Å². The van der Waals surface area contributed by atoms with Crippen molar-refractivity contribution in [1.29, 1.82) is 0 Å². The summed E-state index contributed by atoms with van der Waals surface area (Å²) in [6.45, 7) is 4.79. The summed E-state index contributed by atoms with van der Waals surface area (Å²) in [5.41, 5.74) is 5.11. The minimum absolute atomic E-state index is 0.426. The first-order chi connectivity index (χ1) is 6.66. The van der Waals surface area contributed by atoms with E-state index in [9.17, 15) is 5.11 Å². The number of nitrogens with two attached hydrogens (primary N) is 1. The number of rotatable bonds is 5. The van der Waals surface area contributed by atoms with Crippen molar-refractivity contribution in [3.63, 3.8) is 0 Å². The highest BCUT2D eigenvalue weighted by atomic mass is 32.2. The van der Waals surface area contributed by atoms with E-state index in [1.165, 1.54) is 0 Å². The summed E-state index contributed by atoms with van der Waals surface area (Å²) in [5.74, 6) is 2.48. The van der Waals surface area contributed by atoms with Gasteiger partial charge in [-0.3, -0.25) is 0 Å². The van der Waals surface area contributed by atoms with Crippen molar-refractivity contribution in [3.8, 4) is 0 Å². The van der Waals surface area contributed by atoms with Gasteiger partial charge >= 0.3 is 0 Å². The highest BCUT2D eigenvalue weighted by molar-refractivity contribution is 7.99. The van der Waals surface area contributed by atoms with Crippen molar-refractivity contribution in [2.75, 3.05) is 31.1 Å². The molecular weight excluding hydrogens is 196 g/mol. The predicted molar refractivity (Wildman–Crippen MR) is 62.6 cm³/mol. The summed E-state index contributed by atoms with van der Waals surface area (Å²) in [6.07, 6.45) is 1.77. The zero-order valence-corrected chi connectivity index (χ0v) is 9.78. The molecule has 4 N–H and O–H groups in total. The van der Waals surface area contributed by atoms with Crippen molar-refractivity contribution < 1.29 is 5.11 Å². The minimum Gasteiger partial charge on any atom is -0.389 e. The Morgan fingerprint density at radius 2 is 2.14 bits per heavy atom.